The van der Waals surface area contributed by atoms with E-state index >= 15 is 0 Å². The van der Waals surface area contributed by atoms with Crippen molar-refractivity contribution in [3.8, 4) is 0 Å². The lowest BCUT2D eigenvalue weighted by Crippen LogP contribution is -2.61. The average Bonchev–Trinajstić information content (AvgIpc) is 3.48. The molecule has 7 rings (SSSR count). The van der Waals surface area contributed by atoms with Crippen LogP contribution in [-0.2, 0) is 25.0 Å². The summed E-state index contributed by atoms with van der Waals surface area (Å²) < 4.78 is 36.0. The molecule has 1 saturated heterocycles. The SMILES string of the molecule is Cc1ccc(S(=O)(=O)n2cc3c4c(cccc42)C(C)(C)C=C3[C@@H]2[C@H](C)CC[C@@]3(C)[C@H](C)CC[C@@H]4OC(=O)C[C@]423)cc1. The molecule has 2 aromatic carbocycles. The summed E-state index contributed by atoms with van der Waals surface area (Å²) >= 11 is 0. The molecular weight excluding hydrogens is 530 g/mol. The highest BCUT2D eigenvalue weighted by molar-refractivity contribution is 7.90. The van der Waals surface area contributed by atoms with E-state index < -0.39 is 10.0 Å². The topological polar surface area (TPSA) is 65.4 Å². The molecule has 3 aliphatic carbocycles. The molecule has 5 nitrogen and oxygen atoms in total. The molecule has 3 aromatic rings. The Balaban J connectivity index is 1.49. The molecule has 3 fully saturated rings. The van der Waals surface area contributed by atoms with E-state index in [2.05, 4.69) is 46.8 Å². The summed E-state index contributed by atoms with van der Waals surface area (Å²) in [5.74, 6) is 0.841. The smallest absolute Gasteiger partial charge is 0.306 e. The number of aryl methyl sites for hydroxylation is 1. The van der Waals surface area contributed by atoms with Gasteiger partial charge in [0.2, 0.25) is 0 Å². The maximum atomic E-state index is 14.2. The van der Waals surface area contributed by atoms with Gasteiger partial charge in [0.15, 0.2) is 0 Å². The molecule has 1 spiro atoms. The standard InChI is InChI=1S/C35H41NO4S/c1-21-10-13-24(14-11-21)41(38,39)36-20-26-25(18-33(4,5)27-8-7-9-28(36)31(26)27)32-22(2)16-17-34(6)23(3)12-15-29-35(32,34)19-30(37)40-29/h7-11,13-14,18,20,22-23,29,32H,12,15-17,19H2,1-6H3/t22-,23-,29+,32+,34+,35+/m1/s1. The van der Waals surface area contributed by atoms with E-state index in [1.807, 2.05) is 37.4 Å². The van der Waals surface area contributed by atoms with Crippen LogP contribution in [0.3, 0.4) is 0 Å². The Morgan fingerprint density at radius 2 is 1.71 bits per heavy atom. The molecule has 1 aliphatic heterocycles. The summed E-state index contributed by atoms with van der Waals surface area (Å²) in [5.41, 5.74) is 4.44. The summed E-state index contributed by atoms with van der Waals surface area (Å²) in [6, 6.07) is 13.2. The van der Waals surface area contributed by atoms with Gasteiger partial charge in [-0.3, -0.25) is 4.79 Å². The van der Waals surface area contributed by atoms with Crippen molar-refractivity contribution >= 4 is 32.5 Å². The van der Waals surface area contributed by atoms with Crippen LogP contribution in [0.2, 0.25) is 0 Å². The van der Waals surface area contributed by atoms with Crippen LogP contribution in [0.25, 0.3) is 16.5 Å². The first-order valence-electron chi connectivity index (χ1n) is 15.2. The first kappa shape index (κ1) is 27.0. The van der Waals surface area contributed by atoms with Crippen molar-refractivity contribution in [1.29, 1.82) is 0 Å². The molecule has 0 radical (unpaired) electrons. The molecule has 0 unspecified atom stereocenters. The van der Waals surface area contributed by atoms with Crippen molar-refractivity contribution < 1.29 is 17.9 Å². The second-order valence-electron chi connectivity index (χ2n) is 14.3. The third-order valence-electron chi connectivity index (χ3n) is 11.8. The zero-order valence-corrected chi connectivity index (χ0v) is 25.8. The third kappa shape index (κ3) is 3.46. The summed E-state index contributed by atoms with van der Waals surface area (Å²) in [7, 11) is -3.83. The van der Waals surface area contributed by atoms with E-state index in [4.69, 9.17) is 4.74 Å². The van der Waals surface area contributed by atoms with Crippen LogP contribution in [0.15, 0.2) is 59.6 Å². The van der Waals surface area contributed by atoms with Gasteiger partial charge < -0.3 is 4.74 Å². The minimum absolute atomic E-state index is 0.0309. The molecule has 41 heavy (non-hydrogen) atoms. The van der Waals surface area contributed by atoms with Crippen LogP contribution in [0, 0.1) is 35.5 Å². The number of aromatic nitrogens is 1. The number of hydrogen-bond acceptors (Lipinski definition) is 4. The lowest BCUT2D eigenvalue weighted by Gasteiger charge is -2.63. The normalized spacial score (nSPS) is 34.1. The first-order valence-corrected chi connectivity index (χ1v) is 16.6. The zero-order chi connectivity index (χ0) is 29.1. The highest BCUT2D eigenvalue weighted by atomic mass is 32.2. The first-order chi connectivity index (χ1) is 19.3. The van der Waals surface area contributed by atoms with Crippen molar-refractivity contribution in [1.82, 2.24) is 3.97 Å². The number of esters is 1. The van der Waals surface area contributed by atoms with Crippen molar-refractivity contribution in [2.45, 2.75) is 90.1 Å². The van der Waals surface area contributed by atoms with Crippen LogP contribution in [0.1, 0.15) is 83.4 Å². The van der Waals surface area contributed by atoms with E-state index in [0.29, 0.717) is 23.8 Å². The monoisotopic (exact) mass is 571 g/mol. The van der Waals surface area contributed by atoms with Crippen molar-refractivity contribution in [2.24, 2.45) is 28.6 Å². The average molecular weight is 572 g/mol. The predicted octanol–water partition coefficient (Wildman–Crippen LogP) is 7.65. The van der Waals surface area contributed by atoms with Gasteiger partial charge in [0.05, 0.1) is 16.8 Å². The zero-order valence-electron chi connectivity index (χ0n) is 25.0. The fourth-order valence-electron chi connectivity index (χ4n) is 9.49. The number of nitrogens with zero attached hydrogens (tertiary/aromatic N) is 1. The Bertz CT molecular complexity index is 1730. The summed E-state index contributed by atoms with van der Waals surface area (Å²) in [6.45, 7) is 13.5. The van der Waals surface area contributed by atoms with E-state index in [-0.39, 0.29) is 39.1 Å². The van der Waals surface area contributed by atoms with Crippen molar-refractivity contribution in [2.75, 3.05) is 0 Å². The quantitative estimate of drug-likeness (QED) is 0.303. The van der Waals surface area contributed by atoms with Crippen LogP contribution < -0.4 is 0 Å². The molecule has 0 N–H and O–H groups in total. The number of hydrogen-bond donors (Lipinski definition) is 0. The van der Waals surface area contributed by atoms with Gasteiger partial charge in [0, 0.05) is 28.0 Å². The molecule has 6 atom stereocenters. The molecular formula is C35H41NO4S. The molecule has 0 bridgehead atoms. The highest BCUT2D eigenvalue weighted by Gasteiger charge is 2.69. The molecule has 2 heterocycles. The lowest BCUT2D eigenvalue weighted by atomic mass is 9.40. The van der Waals surface area contributed by atoms with Gasteiger partial charge in [-0.15, -0.1) is 0 Å². The molecule has 1 aromatic heterocycles. The Morgan fingerprint density at radius 1 is 0.976 bits per heavy atom. The number of allylic oxidation sites excluding steroid dienone is 2. The van der Waals surface area contributed by atoms with E-state index in [1.54, 1.807) is 12.1 Å². The molecule has 2 saturated carbocycles. The number of benzene rings is 2. The largest absolute Gasteiger partial charge is 0.462 e. The number of ether oxygens (including phenoxy) is 1. The van der Waals surface area contributed by atoms with Gasteiger partial charge >= 0.3 is 5.97 Å². The second kappa shape index (κ2) is 8.59. The van der Waals surface area contributed by atoms with Gasteiger partial charge in [-0.25, -0.2) is 12.4 Å². The third-order valence-corrected chi connectivity index (χ3v) is 13.5. The molecule has 0 amide bonds. The molecule has 216 valence electrons. The van der Waals surface area contributed by atoms with Gasteiger partial charge in [0.1, 0.15) is 6.10 Å². The Labute approximate surface area is 244 Å². The van der Waals surface area contributed by atoms with Gasteiger partial charge in [0.25, 0.3) is 10.0 Å². The van der Waals surface area contributed by atoms with Gasteiger partial charge in [-0.05, 0) is 85.1 Å². The Kier molecular flexibility index (Phi) is 5.66. The van der Waals surface area contributed by atoms with E-state index in [1.165, 1.54) is 9.55 Å². The van der Waals surface area contributed by atoms with Crippen molar-refractivity contribution in [3.05, 3.63) is 71.4 Å². The number of rotatable bonds is 3. The van der Waals surface area contributed by atoms with Crippen LogP contribution in [-0.4, -0.2) is 24.5 Å². The lowest BCUT2D eigenvalue weighted by molar-refractivity contribution is -0.164. The minimum Gasteiger partial charge on any atom is -0.462 e. The maximum Gasteiger partial charge on any atom is 0.306 e. The summed E-state index contributed by atoms with van der Waals surface area (Å²) in [4.78, 5) is 13.4. The molecule has 4 aliphatic rings. The fraction of sp³-hybridized carbons (Fsp3) is 0.514. The van der Waals surface area contributed by atoms with Crippen LogP contribution >= 0.6 is 0 Å². The van der Waals surface area contributed by atoms with Gasteiger partial charge in [-0.2, -0.15) is 0 Å². The minimum atomic E-state index is -3.83. The predicted molar refractivity (Wildman–Crippen MR) is 162 cm³/mol. The van der Waals surface area contributed by atoms with E-state index in [9.17, 15) is 13.2 Å². The maximum absolute atomic E-state index is 14.2. The van der Waals surface area contributed by atoms with E-state index in [0.717, 1.165) is 47.8 Å². The Hall–Kier alpha value is -2.86. The van der Waals surface area contributed by atoms with Crippen molar-refractivity contribution in [3.63, 3.8) is 0 Å². The molecule has 6 heteroatoms. The highest BCUT2D eigenvalue weighted by Crippen LogP contribution is 2.71. The Morgan fingerprint density at radius 3 is 2.44 bits per heavy atom. The van der Waals surface area contributed by atoms with Gasteiger partial charge in [-0.1, -0.05) is 70.5 Å². The second-order valence-corrected chi connectivity index (χ2v) is 16.1. The van der Waals surface area contributed by atoms with Crippen LogP contribution in [0.5, 0.6) is 0 Å². The van der Waals surface area contributed by atoms with Crippen LogP contribution in [0.4, 0.5) is 0 Å². The summed E-state index contributed by atoms with van der Waals surface area (Å²) in [6.07, 6.45) is 8.75. The summed E-state index contributed by atoms with van der Waals surface area (Å²) in [5, 5.41) is 1.02. The fourth-order valence-corrected chi connectivity index (χ4v) is 10.9. The number of carbonyl (C=O) groups is 1. The number of carbonyl (C=O) groups excluding carboxylic acids is 1.